The third kappa shape index (κ3) is 2.73. The molecule has 110 valence electrons. The predicted molar refractivity (Wildman–Crippen MR) is 69.2 cm³/mol. The van der Waals surface area contributed by atoms with Crippen LogP contribution in [0.3, 0.4) is 0 Å². The molecule has 0 saturated carbocycles. The highest BCUT2D eigenvalue weighted by Gasteiger charge is 2.42. The Morgan fingerprint density at radius 1 is 1.40 bits per heavy atom. The molecule has 1 aliphatic heterocycles. The number of anilines is 1. The Kier molecular flexibility index (Phi) is 4.19. The molecular formula is C12H16N2O6. The summed E-state index contributed by atoms with van der Waals surface area (Å²) >= 11 is 0. The maximum absolute atomic E-state index is 10.7. The van der Waals surface area contributed by atoms with Gasteiger partial charge in [0, 0.05) is 17.8 Å². The van der Waals surface area contributed by atoms with Crippen molar-refractivity contribution in [2.45, 2.75) is 31.5 Å². The molecule has 8 heteroatoms. The minimum Gasteiger partial charge on any atom is -0.394 e. The first-order valence-electron chi connectivity index (χ1n) is 6.08. The Labute approximate surface area is 114 Å². The largest absolute Gasteiger partial charge is 0.394 e. The first kappa shape index (κ1) is 14.7. The van der Waals surface area contributed by atoms with Gasteiger partial charge in [0.2, 0.25) is 0 Å². The highest BCUT2D eigenvalue weighted by atomic mass is 16.6. The molecule has 1 heterocycles. The van der Waals surface area contributed by atoms with Crippen LogP contribution in [0.1, 0.15) is 5.56 Å². The number of benzene rings is 1. The first-order valence-corrected chi connectivity index (χ1v) is 6.08. The van der Waals surface area contributed by atoms with Crippen LogP contribution in [-0.4, -0.2) is 51.4 Å². The summed E-state index contributed by atoms with van der Waals surface area (Å²) in [5.41, 5.74) is 1.06. The van der Waals surface area contributed by atoms with E-state index >= 15 is 0 Å². The summed E-state index contributed by atoms with van der Waals surface area (Å²) in [6.45, 7) is 1.32. The van der Waals surface area contributed by atoms with Crippen molar-refractivity contribution < 1.29 is 25.0 Å². The average Bonchev–Trinajstić information content (AvgIpc) is 2.68. The van der Waals surface area contributed by atoms with Crippen molar-refractivity contribution in [2.75, 3.05) is 11.9 Å². The molecule has 1 aromatic rings. The molecule has 4 atom stereocenters. The van der Waals surface area contributed by atoms with Crippen molar-refractivity contribution in [3.8, 4) is 0 Å². The number of nitrogens with zero attached hydrogens (tertiary/aromatic N) is 1. The van der Waals surface area contributed by atoms with Gasteiger partial charge in [-0.25, -0.2) is 0 Å². The van der Waals surface area contributed by atoms with E-state index in [-0.39, 0.29) is 5.69 Å². The van der Waals surface area contributed by atoms with Crippen molar-refractivity contribution in [3.63, 3.8) is 0 Å². The number of nitrogens with one attached hydrogen (secondary N) is 1. The third-order valence-electron chi connectivity index (χ3n) is 3.27. The van der Waals surface area contributed by atoms with Gasteiger partial charge in [0.25, 0.3) is 5.69 Å². The summed E-state index contributed by atoms with van der Waals surface area (Å²) in [6.07, 6.45) is -4.27. The number of nitro benzene ring substituents is 1. The molecule has 0 aromatic heterocycles. The smallest absolute Gasteiger partial charge is 0.271 e. The number of non-ortho nitro benzene ring substituents is 1. The van der Waals surface area contributed by atoms with E-state index in [1.807, 2.05) is 0 Å². The molecule has 1 saturated heterocycles. The number of hydrogen-bond donors (Lipinski definition) is 4. The van der Waals surface area contributed by atoms with Gasteiger partial charge in [0.15, 0.2) is 6.23 Å². The Bertz CT molecular complexity index is 509. The summed E-state index contributed by atoms with van der Waals surface area (Å²) in [7, 11) is 0. The average molecular weight is 284 g/mol. The van der Waals surface area contributed by atoms with Gasteiger partial charge in [-0.1, -0.05) is 6.07 Å². The van der Waals surface area contributed by atoms with Crippen molar-refractivity contribution in [3.05, 3.63) is 33.9 Å². The number of rotatable bonds is 4. The summed E-state index contributed by atoms with van der Waals surface area (Å²) in [5, 5.41) is 42.0. The number of aryl methyl sites for hydroxylation is 1. The lowest BCUT2D eigenvalue weighted by atomic mass is 10.1. The standard InChI is InChI=1S/C12H16N2O6/c1-6-2-3-7(14(18)19)4-8(6)13-12-11(17)10(16)9(5-15)20-12/h2-4,9-13,15-17H,5H2,1H3/t9-,10-,11-,12+/m1/s1. The van der Waals surface area contributed by atoms with E-state index in [9.17, 15) is 20.3 Å². The molecule has 0 bridgehead atoms. The zero-order valence-electron chi connectivity index (χ0n) is 10.8. The lowest BCUT2D eigenvalue weighted by molar-refractivity contribution is -0.384. The van der Waals surface area contributed by atoms with Crippen molar-refractivity contribution in [1.82, 2.24) is 0 Å². The zero-order chi connectivity index (χ0) is 14.9. The summed E-state index contributed by atoms with van der Waals surface area (Å²) < 4.78 is 5.26. The van der Waals surface area contributed by atoms with Crippen molar-refractivity contribution in [1.29, 1.82) is 0 Å². The Hall–Kier alpha value is -1.74. The van der Waals surface area contributed by atoms with Crippen LogP contribution in [0.2, 0.25) is 0 Å². The topological polar surface area (TPSA) is 125 Å². The molecule has 0 unspecified atom stereocenters. The van der Waals surface area contributed by atoms with Crippen LogP contribution in [-0.2, 0) is 4.74 Å². The van der Waals surface area contributed by atoms with Crippen LogP contribution < -0.4 is 5.32 Å². The van der Waals surface area contributed by atoms with E-state index in [1.165, 1.54) is 12.1 Å². The van der Waals surface area contributed by atoms with Gasteiger partial charge in [-0.15, -0.1) is 0 Å². The van der Waals surface area contributed by atoms with Gasteiger partial charge >= 0.3 is 0 Å². The fourth-order valence-corrected chi connectivity index (χ4v) is 2.05. The Morgan fingerprint density at radius 3 is 2.65 bits per heavy atom. The number of hydrogen-bond acceptors (Lipinski definition) is 7. The number of nitro groups is 1. The molecule has 0 radical (unpaired) electrons. The van der Waals surface area contributed by atoms with Crippen LogP contribution in [0.25, 0.3) is 0 Å². The maximum Gasteiger partial charge on any atom is 0.271 e. The number of aliphatic hydroxyl groups excluding tert-OH is 3. The Morgan fingerprint density at radius 2 is 2.10 bits per heavy atom. The van der Waals surface area contributed by atoms with E-state index < -0.39 is 36.1 Å². The summed E-state index contributed by atoms with van der Waals surface area (Å²) in [6, 6.07) is 4.27. The number of aliphatic hydroxyl groups is 3. The molecule has 4 N–H and O–H groups in total. The number of ether oxygens (including phenoxy) is 1. The Balaban J connectivity index is 2.18. The fourth-order valence-electron chi connectivity index (χ4n) is 2.05. The van der Waals surface area contributed by atoms with Gasteiger partial charge in [-0.2, -0.15) is 0 Å². The lowest BCUT2D eigenvalue weighted by Crippen LogP contribution is -2.36. The minimum atomic E-state index is -1.23. The normalized spacial score (nSPS) is 29.4. The molecule has 0 aliphatic carbocycles. The molecule has 20 heavy (non-hydrogen) atoms. The second kappa shape index (κ2) is 5.71. The molecule has 8 nitrogen and oxygen atoms in total. The quantitative estimate of drug-likeness (QED) is 0.444. The van der Waals surface area contributed by atoms with Crippen molar-refractivity contribution >= 4 is 11.4 Å². The molecular weight excluding hydrogens is 268 g/mol. The van der Waals surface area contributed by atoms with Crippen LogP contribution >= 0.6 is 0 Å². The van der Waals surface area contributed by atoms with E-state index in [4.69, 9.17) is 9.84 Å². The zero-order valence-corrected chi connectivity index (χ0v) is 10.8. The van der Waals surface area contributed by atoms with Crippen LogP contribution in [0.5, 0.6) is 0 Å². The monoisotopic (exact) mass is 284 g/mol. The highest BCUT2D eigenvalue weighted by Crippen LogP contribution is 2.27. The third-order valence-corrected chi connectivity index (χ3v) is 3.27. The van der Waals surface area contributed by atoms with Gasteiger partial charge in [-0.3, -0.25) is 10.1 Å². The molecule has 0 spiro atoms. The van der Waals surface area contributed by atoms with Crippen molar-refractivity contribution in [2.24, 2.45) is 0 Å². The minimum absolute atomic E-state index is 0.0927. The fraction of sp³-hybridized carbons (Fsp3) is 0.500. The second-order valence-corrected chi connectivity index (χ2v) is 4.66. The van der Waals surface area contributed by atoms with Gasteiger partial charge in [0.05, 0.1) is 11.5 Å². The predicted octanol–water partition coefficient (Wildman–Crippen LogP) is -0.246. The summed E-state index contributed by atoms with van der Waals surface area (Å²) in [5.74, 6) is 0. The summed E-state index contributed by atoms with van der Waals surface area (Å²) in [4.78, 5) is 10.2. The van der Waals surface area contributed by atoms with Crippen LogP contribution in [0.15, 0.2) is 18.2 Å². The lowest BCUT2D eigenvalue weighted by Gasteiger charge is -2.19. The van der Waals surface area contributed by atoms with Gasteiger partial charge in [-0.05, 0) is 12.5 Å². The molecule has 0 amide bonds. The molecule has 1 aromatic carbocycles. The van der Waals surface area contributed by atoms with E-state index in [0.29, 0.717) is 5.69 Å². The van der Waals surface area contributed by atoms with Gasteiger partial charge in [0.1, 0.15) is 18.3 Å². The van der Waals surface area contributed by atoms with Crippen LogP contribution in [0, 0.1) is 17.0 Å². The molecule has 1 aliphatic rings. The molecule has 2 rings (SSSR count). The van der Waals surface area contributed by atoms with Gasteiger partial charge < -0.3 is 25.4 Å². The first-order chi connectivity index (χ1) is 9.43. The molecule has 1 fully saturated rings. The van der Waals surface area contributed by atoms with E-state index in [2.05, 4.69) is 5.32 Å². The van der Waals surface area contributed by atoms with E-state index in [1.54, 1.807) is 13.0 Å². The SMILES string of the molecule is Cc1ccc([N+](=O)[O-])cc1N[C@H]1O[C@H](CO)[C@@H](O)[C@H]1O. The van der Waals surface area contributed by atoms with Crippen LogP contribution in [0.4, 0.5) is 11.4 Å². The highest BCUT2D eigenvalue weighted by molar-refractivity contribution is 5.57. The maximum atomic E-state index is 10.7. The second-order valence-electron chi connectivity index (χ2n) is 4.66. The van der Waals surface area contributed by atoms with E-state index in [0.717, 1.165) is 5.56 Å².